The largest absolute Gasteiger partial charge is 0.304 e. The fourth-order valence-electron chi connectivity index (χ4n) is 2.14. The zero-order valence-corrected chi connectivity index (χ0v) is 11.5. The van der Waals surface area contributed by atoms with E-state index in [1.807, 2.05) is 34.9 Å². The van der Waals surface area contributed by atoms with Crippen molar-refractivity contribution in [3.8, 4) is 0 Å². The lowest BCUT2D eigenvalue weighted by atomic mass is 10.1. The van der Waals surface area contributed by atoms with Crippen LogP contribution in [0.1, 0.15) is 44.2 Å². The Hall–Kier alpha value is -1.62. The Labute approximate surface area is 108 Å². The predicted octanol–water partition coefficient (Wildman–Crippen LogP) is 1.90. The summed E-state index contributed by atoms with van der Waals surface area (Å²) < 4.78 is 3.87. The summed E-state index contributed by atoms with van der Waals surface area (Å²) in [6.07, 6.45) is 3.82. The Morgan fingerprint density at radius 1 is 1.33 bits per heavy atom. The smallest absolute Gasteiger partial charge is 0.0940 e. The van der Waals surface area contributed by atoms with E-state index in [1.54, 1.807) is 0 Å². The topological polar surface area (TPSA) is 47.7 Å². The molecule has 0 aliphatic carbocycles. The summed E-state index contributed by atoms with van der Waals surface area (Å²) in [5, 5.41) is 12.4. The van der Waals surface area contributed by atoms with Crippen molar-refractivity contribution >= 4 is 0 Å². The average Bonchev–Trinajstić information content (AvgIpc) is 2.94. The van der Waals surface area contributed by atoms with Crippen LogP contribution in [0.5, 0.6) is 0 Å². The summed E-state index contributed by atoms with van der Waals surface area (Å²) in [6.45, 7) is 7.27. The molecule has 0 fully saturated rings. The van der Waals surface area contributed by atoms with Crippen LogP contribution in [0, 0.1) is 0 Å². The molecule has 1 unspecified atom stereocenters. The summed E-state index contributed by atoms with van der Waals surface area (Å²) in [5.74, 6) is 0. The molecule has 0 radical (unpaired) electrons. The van der Waals surface area contributed by atoms with Crippen molar-refractivity contribution < 1.29 is 0 Å². The standard InChI is InChI=1S/C13H21N5/c1-5-14-13(11-7-9-17(4)16-11)12-6-8-15-18(12)10(2)3/h6-10,13-14H,5H2,1-4H3. The zero-order valence-electron chi connectivity index (χ0n) is 11.5. The van der Waals surface area contributed by atoms with Gasteiger partial charge in [0, 0.05) is 25.5 Å². The minimum absolute atomic E-state index is 0.0982. The first-order chi connectivity index (χ1) is 8.63. The van der Waals surface area contributed by atoms with Gasteiger partial charge in [-0.25, -0.2) is 0 Å². The Kier molecular flexibility index (Phi) is 3.81. The first kappa shape index (κ1) is 12.8. The summed E-state index contributed by atoms with van der Waals surface area (Å²) >= 11 is 0. The quantitative estimate of drug-likeness (QED) is 0.877. The first-order valence-electron chi connectivity index (χ1n) is 6.39. The fraction of sp³-hybridized carbons (Fsp3) is 0.538. The molecule has 1 atom stereocenters. The third-order valence-corrected chi connectivity index (χ3v) is 2.92. The number of rotatable bonds is 5. The van der Waals surface area contributed by atoms with Crippen molar-refractivity contribution in [2.45, 2.75) is 32.9 Å². The van der Waals surface area contributed by atoms with Crippen molar-refractivity contribution in [3.05, 3.63) is 35.9 Å². The number of hydrogen-bond acceptors (Lipinski definition) is 3. The molecule has 1 N–H and O–H groups in total. The van der Waals surface area contributed by atoms with Crippen LogP contribution < -0.4 is 5.32 Å². The van der Waals surface area contributed by atoms with Gasteiger partial charge in [0.05, 0.1) is 17.4 Å². The maximum absolute atomic E-state index is 4.50. The molecule has 2 aromatic heterocycles. The van der Waals surface area contributed by atoms with E-state index in [4.69, 9.17) is 0 Å². The highest BCUT2D eigenvalue weighted by atomic mass is 15.3. The lowest BCUT2D eigenvalue weighted by Gasteiger charge is -2.19. The molecular weight excluding hydrogens is 226 g/mol. The Morgan fingerprint density at radius 2 is 2.11 bits per heavy atom. The number of aryl methyl sites for hydroxylation is 1. The molecule has 0 aliphatic rings. The van der Waals surface area contributed by atoms with Crippen LogP contribution in [-0.4, -0.2) is 26.1 Å². The van der Waals surface area contributed by atoms with Crippen molar-refractivity contribution in [1.82, 2.24) is 24.9 Å². The van der Waals surface area contributed by atoms with Crippen molar-refractivity contribution in [1.29, 1.82) is 0 Å². The molecule has 2 rings (SSSR count). The maximum Gasteiger partial charge on any atom is 0.0940 e. The van der Waals surface area contributed by atoms with E-state index in [0.717, 1.165) is 17.9 Å². The van der Waals surface area contributed by atoms with Crippen LogP contribution in [0.25, 0.3) is 0 Å². The number of hydrogen-bond donors (Lipinski definition) is 1. The van der Waals surface area contributed by atoms with E-state index >= 15 is 0 Å². The van der Waals surface area contributed by atoms with Gasteiger partial charge in [-0.3, -0.25) is 9.36 Å². The van der Waals surface area contributed by atoms with E-state index in [9.17, 15) is 0 Å². The molecule has 0 amide bonds. The monoisotopic (exact) mass is 247 g/mol. The van der Waals surface area contributed by atoms with Gasteiger partial charge in [-0.1, -0.05) is 6.92 Å². The van der Waals surface area contributed by atoms with Gasteiger partial charge in [-0.2, -0.15) is 10.2 Å². The number of aromatic nitrogens is 4. The molecular formula is C13H21N5. The molecule has 0 spiro atoms. The van der Waals surface area contributed by atoms with Gasteiger partial charge in [0.15, 0.2) is 0 Å². The summed E-state index contributed by atoms with van der Waals surface area (Å²) in [5.41, 5.74) is 2.19. The number of nitrogens with zero attached hydrogens (tertiary/aromatic N) is 4. The van der Waals surface area contributed by atoms with Gasteiger partial charge in [-0.05, 0) is 32.5 Å². The molecule has 5 nitrogen and oxygen atoms in total. The van der Waals surface area contributed by atoms with E-state index in [1.165, 1.54) is 0 Å². The van der Waals surface area contributed by atoms with Gasteiger partial charge in [0.2, 0.25) is 0 Å². The highest BCUT2D eigenvalue weighted by Gasteiger charge is 2.20. The Bertz CT molecular complexity index is 497. The van der Waals surface area contributed by atoms with E-state index in [-0.39, 0.29) is 6.04 Å². The first-order valence-corrected chi connectivity index (χ1v) is 6.39. The molecule has 2 heterocycles. The van der Waals surface area contributed by atoms with Crippen molar-refractivity contribution in [2.75, 3.05) is 6.54 Å². The van der Waals surface area contributed by atoms with Crippen molar-refractivity contribution in [3.63, 3.8) is 0 Å². The zero-order chi connectivity index (χ0) is 13.1. The minimum atomic E-state index is 0.0982. The van der Waals surface area contributed by atoms with Crippen LogP contribution >= 0.6 is 0 Å². The van der Waals surface area contributed by atoms with Crippen LogP contribution in [-0.2, 0) is 7.05 Å². The summed E-state index contributed by atoms with van der Waals surface area (Å²) in [7, 11) is 1.94. The van der Waals surface area contributed by atoms with Gasteiger partial charge >= 0.3 is 0 Å². The number of nitrogens with one attached hydrogen (secondary N) is 1. The normalized spacial score (nSPS) is 13.2. The van der Waals surface area contributed by atoms with E-state index < -0.39 is 0 Å². The molecule has 0 saturated carbocycles. The van der Waals surface area contributed by atoms with Crippen LogP contribution in [0.4, 0.5) is 0 Å². The van der Waals surface area contributed by atoms with Gasteiger partial charge in [0.1, 0.15) is 0 Å². The third kappa shape index (κ3) is 2.46. The van der Waals surface area contributed by atoms with Crippen LogP contribution in [0.3, 0.4) is 0 Å². The summed E-state index contributed by atoms with van der Waals surface area (Å²) in [6, 6.07) is 4.55. The summed E-state index contributed by atoms with van der Waals surface area (Å²) in [4.78, 5) is 0. The lowest BCUT2D eigenvalue weighted by Crippen LogP contribution is -2.26. The lowest BCUT2D eigenvalue weighted by molar-refractivity contribution is 0.471. The maximum atomic E-state index is 4.50. The minimum Gasteiger partial charge on any atom is -0.304 e. The van der Waals surface area contributed by atoms with Crippen LogP contribution in [0.15, 0.2) is 24.5 Å². The molecule has 18 heavy (non-hydrogen) atoms. The van der Waals surface area contributed by atoms with Gasteiger partial charge < -0.3 is 5.32 Å². The SMILES string of the molecule is CCNC(c1ccn(C)n1)c1ccnn1C(C)C. The van der Waals surface area contributed by atoms with Gasteiger partial charge in [-0.15, -0.1) is 0 Å². The average molecular weight is 247 g/mol. The molecule has 0 aliphatic heterocycles. The van der Waals surface area contributed by atoms with Crippen LogP contribution in [0.2, 0.25) is 0 Å². The van der Waals surface area contributed by atoms with E-state index in [0.29, 0.717) is 6.04 Å². The highest BCUT2D eigenvalue weighted by Crippen LogP contribution is 2.22. The highest BCUT2D eigenvalue weighted by molar-refractivity contribution is 5.21. The molecule has 98 valence electrons. The Balaban J connectivity index is 2.38. The molecule has 0 aromatic carbocycles. The second-order valence-corrected chi connectivity index (χ2v) is 4.70. The molecule has 5 heteroatoms. The Morgan fingerprint density at radius 3 is 2.67 bits per heavy atom. The fourth-order valence-corrected chi connectivity index (χ4v) is 2.14. The van der Waals surface area contributed by atoms with Crippen molar-refractivity contribution in [2.24, 2.45) is 7.05 Å². The predicted molar refractivity (Wildman–Crippen MR) is 71.3 cm³/mol. The third-order valence-electron chi connectivity index (χ3n) is 2.92. The molecule has 0 bridgehead atoms. The molecule has 2 aromatic rings. The van der Waals surface area contributed by atoms with E-state index in [2.05, 4.69) is 42.4 Å². The second-order valence-electron chi connectivity index (χ2n) is 4.70. The second kappa shape index (κ2) is 5.35. The van der Waals surface area contributed by atoms with Gasteiger partial charge in [0.25, 0.3) is 0 Å². The molecule has 0 saturated heterocycles.